The Kier molecular flexibility index (Phi) is 5.35. The van der Waals surface area contributed by atoms with Crippen molar-refractivity contribution < 1.29 is 26.7 Å². The van der Waals surface area contributed by atoms with Crippen LogP contribution in [-0.2, 0) is 0 Å². The van der Waals surface area contributed by atoms with Crippen molar-refractivity contribution >= 4 is 17.9 Å². The number of benzene rings is 2. The molecular weight excluding hydrogens is 345 g/mol. The van der Waals surface area contributed by atoms with E-state index in [0.717, 1.165) is 11.1 Å². The first-order valence-electron chi connectivity index (χ1n) is 6.91. The van der Waals surface area contributed by atoms with Crippen LogP contribution >= 0.6 is 0 Å². The van der Waals surface area contributed by atoms with E-state index in [1.165, 1.54) is 0 Å². The maximum absolute atomic E-state index is 13.4. The van der Waals surface area contributed by atoms with Crippen molar-refractivity contribution in [2.24, 2.45) is 5.10 Å². The predicted octanol–water partition coefficient (Wildman–Crippen LogP) is 4.15. The average molecular weight is 357 g/mol. The number of amides is 2. The Hall–Kier alpha value is -2.97. The van der Waals surface area contributed by atoms with E-state index in [-0.39, 0.29) is 0 Å². The monoisotopic (exact) mass is 357 g/mol. The highest BCUT2D eigenvalue weighted by molar-refractivity contribution is 5.92. The summed E-state index contributed by atoms with van der Waals surface area (Å²) in [7, 11) is 0. The molecule has 0 fully saturated rings. The number of aryl methyl sites for hydroxylation is 2. The topological polar surface area (TPSA) is 53.5 Å². The van der Waals surface area contributed by atoms with Crippen LogP contribution in [-0.4, -0.2) is 12.2 Å². The molecule has 0 bridgehead atoms. The van der Waals surface area contributed by atoms with Crippen molar-refractivity contribution in [3.8, 4) is 0 Å². The Morgan fingerprint density at radius 2 is 1.40 bits per heavy atom. The molecule has 0 saturated carbocycles. The fraction of sp³-hybridized carbons (Fsp3) is 0.125. The smallest absolute Gasteiger partial charge is 0.306 e. The molecule has 0 spiro atoms. The van der Waals surface area contributed by atoms with E-state index >= 15 is 0 Å². The number of carbonyl (C=O) groups is 1. The summed E-state index contributed by atoms with van der Waals surface area (Å²) in [6, 6.07) is 4.44. The van der Waals surface area contributed by atoms with Crippen LogP contribution in [0.5, 0.6) is 0 Å². The molecule has 2 rings (SSSR count). The van der Waals surface area contributed by atoms with Gasteiger partial charge in [0.2, 0.25) is 5.82 Å². The van der Waals surface area contributed by atoms with Crippen LogP contribution in [0.4, 0.5) is 32.4 Å². The zero-order valence-electron chi connectivity index (χ0n) is 13.1. The lowest BCUT2D eigenvalue weighted by molar-refractivity contribution is 0.252. The first kappa shape index (κ1) is 18.4. The molecule has 0 aliphatic heterocycles. The lowest BCUT2D eigenvalue weighted by Crippen LogP contribution is -2.25. The summed E-state index contributed by atoms with van der Waals surface area (Å²) in [5, 5.41) is 5.67. The van der Waals surface area contributed by atoms with Gasteiger partial charge in [0.1, 0.15) is 0 Å². The molecule has 0 unspecified atom stereocenters. The van der Waals surface area contributed by atoms with Crippen molar-refractivity contribution in [2.75, 3.05) is 5.32 Å². The van der Waals surface area contributed by atoms with Gasteiger partial charge in [-0.1, -0.05) is 18.2 Å². The molecule has 0 aliphatic rings. The van der Waals surface area contributed by atoms with Gasteiger partial charge in [0.05, 0.1) is 11.8 Å². The standard InChI is InChI=1S/C16H12F5N3O/c1-7-4-3-5-8(2)15(7)23-16(25)24-22-6-9-10(17)12(19)14(21)13(20)11(9)18/h3-6H,1-2H3,(H2,23,24,25)/b22-6+. The van der Waals surface area contributed by atoms with Crippen molar-refractivity contribution in [3.05, 3.63) is 64.0 Å². The van der Waals surface area contributed by atoms with E-state index in [4.69, 9.17) is 0 Å². The van der Waals surface area contributed by atoms with Crippen LogP contribution in [0.3, 0.4) is 0 Å². The maximum Gasteiger partial charge on any atom is 0.339 e. The SMILES string of the molecule is Cc1cccc(C)c1NC(=O)N/N=C/c1c(F)c(F)c(F)c(F)c1F. The molecule has 2 amide bonds. The third kappa shape index (κ3) is 3.76. The molecule has 0 atom stereocenters. The minimum atomic E-state index is -2.27. The lowest BCUT2D eigenvalue weighted by atomic mass is 10.1. The zero-order chi connectivity index (χ0) is 18.7. The number of anilines is 1. The number of hydrazone groups is 1. The molecule has 2 aromatic carbocycles. The van der Waals surface area contributed by atoms with Crippen LogP contribution < -0.4 is 10.7 Å². The van der Waals surface area contributed by atoms with Gasteiger partial charge >= 0.3 is 6.03 Å². The van der Waals surface area contributed by atoms with E-state index in [1.807, 2.05) is 5.43 Å². The number of nitrogens with one attached hydrogen (secondary N) is 2. The maximum atomic E-state index is 13.4. The van der Waals surface area contributed by atoms with Crippen LogP contribution in [0.2, 0.25) is 0 Å². The van der Waals surface area contributed by atoms with E-state index < -0.39 is 40.7 Å². The van der Waals surface area contributed by atoms with Gasteiger partial charge in [-0.2, -0.15) is 5.10 Å². The zero-order valence-corrected chi connectivity index (χ0v) is 13.1. The van der Waals surface area contributed by atoms with Gasteiger partial charge in [-0.15, -0.1) is 0 Å². The van der Waals surface area contributed by atoms with E-state index in [2.05, 4.69) is 10.4 Å². The summed E-state index contributed by atoms with van der Waals surface area (Å²) < 4.78 is 65.9. The quantitative estimate of drug-likeness (QED) is 0.280. The van der Waals surface area contributed by atoms with Gasteiger partial charge in [-0.3, -0.25) is 0 Å². The number of urea groups is 1. The van der Waals surface area contributed by atoms with Gasteiger partial charge in [-0.25, -0.2) is 32.2 Å². The van der Waals surface area contributed by atoms with Gasteiger partial charge in [-0.05, 0) is 25.0 Å². The third-order valence-corrected chi connectivity index (χ3v) is 3.32. The number of para-hydroxylation sites is 1. The van der Waals surface area contributed by atoms with Crippen molar-refractivity contribution in [1.29, 1.82) is 0 Å². The summed E-state index contributed by atoms with van der Waals surface area (Å²) in [6.45, 7) is 3.50. The van der Waals surface area contributed by atoms with Crippen molar-refractivity contribution in [2.45, 2.75) is 13.8 Å². The Balaban J connectivity index is 2.15. The number of halogens is 5. The molecule has 132 valence electrons. The number of hydrogen-bond donors (Lipinski definition) is 2. The molecule has 9 heteroatoms. The predicted molar refractivity (Wildman–Crippen MR) is 81.9 cm³/mol. The summed E-state index contributed by atoms with van der Waals surface area (Å²) in [5.74, 6) is -10.6. The van der Waals surface area contributed by atoms with Crippen LogP contribution in [0, 0.1) is 42.9 Å². The molecule has 0 saturated heterocycles. The summed E-state index contributed by atoms with van der Waals surface area (Å²) in [6.07, 6.45) is 0.334. The average Bonchev–Trinajstić information content (AvgIpc) is 2.58. The Bertz CT molecular complexity index is 818. The summed E-state index contributed by atoms with van der Waals surface area (Å²) in [4.78, 5) is 11.7. The molecular formula is C16H12F5N3O. The molecule has 0 radical (unpaired) electrons. The fourth-order valence-electron chi connectivity index (χ4n) is 2.04. The minimum absolute atomic E-state index is 0.334. The first-order chi connectivity index (χ1) is 11.7. The molecule has 25 heavy (non-hydrogen) atoms. The first-order valence-corrected chi connectivity index (χ1v) is 6.91. The van der Waals surface area contributed by atoms with E-state index in [9.17, 15) is 26.7 Å². The summed E-state index contributed by atoms with van der Waals surface area (Å²) in [5.41, 5.74) is 2.66. The normalized spacial score (nSPS) is 11.0. The van der Waals surface area contributed by atoms with Gasteiger partial charge in [0, 0.05) is 5.69 Å². The largest absolute Gasteiger partial charge is 0.339 e. The Labute approximate surface area is 139 Å². The number of nitrogens with zero attached hydrogens (tertiary/aromatic N) is 1. The highest BCUT2D eigenvalue weighted by atomic mass is 19.2. The van der Waals surface area contributed by atoms with Crippen LogP contribution in [0.25, 0.3) is 0 Å². The second kappa shape index (κ2) is 7.29. The van der Waals surface area contributed by atoms with E-state index in [0.29, 0.717) is 11.9 Å². The summed E-state index contributed by atoms with van der Waals surface area (Å²) >= 11 is 0. The molecule has 2 aromatic rings. The van der Waals surface area contributed by atoms with Gasteiger partial charge in [0.15, 0.2) is 23.3 Å². The Morgan fingerprint density at radius 3 is 1.92 bits per heavy atom. The van der Waals surface area contributed by atoms with Crippen LogP contribution in [0.15, 0.2) is 23.3 Å². The molecule has 4 nitrogen and oxygen atoms in total. The van der Waals surface area contributed by atoms with Gasteiger partial charge in [0.25, 0.3) is 0 Å². The lowest BCUT2D eigenvalue weighted by Gasteiger charge is -2.10. The van der Waals surface area contributed by atoms with Crippen molar-refractivity contribution in [3.63, 3.8) is 0 Å². The number of carbonyl (C=O) groups excluding carboxylic acids is 1. The second-order valence-corrected chi connectivity index (χ2v) is 5.07. The molecule has 0 heterocycles. The van der Waals surface area contributed by atoms with Gasteiger partial charge < -0.3 is 5.32 Å². The molecule has 2 N–H and O–H groups in total. The second-order valence-electron chi connectivity index (χ2n) is 5.07. The number of rotatable bonds is 3. The highest BCUT2D eigenvalue weighted by Crippen LogP contribution is 2.22. The molecule has 0 aliphatic carbocycles. The van der Waals surface area contributed by atoms with Crippen LogP contribution in [0.1, 0.15) is 16.7 Å². The minimum Gasteiger partial charge on any atom is -0.306 e. The highest BCUT2D eigenvalue weighted by Gasteiger charge is 2.24. The van der Waals surface area contributed by atoms with Crippen molar-refractivity contribution in [1.82, 2.24) is 5.43 Å². The molecule has 0 aromatic heterocycles. The number of hydrogen-bond acceptors (Lipinski definition) is 2. The van der Waals surface area contributed by atoms with E-state index in [1.54, 1.807) is 32.0 Å². The Morgan fingerprint density at radius 1 is 0.920 bits per heavy atom. The third-order valence-electron chi connectivity index (χ3n) is 3.32. The fourth-order valence-corrected chi connectivity index (χ4v) is 2.04.